The summed E-state index contributed by atoms with van der Waals surface area (Å²) in [5, 5.41) is 3.37. The monoisotopic (exact) mass is 327 g/mol. The summed E-state index contributed by atoms with van der Waals surface area (Å²) in [6.07, 6.45) is 2.02. The number of anilines is 2. The predicted octanol–water partition coefficient (Wildman–Crippen LogP) is 4.69. The molecule has 0 fully saturated rings. The van der Waals surface area contributed by atoms with E-state index in [2.05, 4.69) is 42.9 Å². The lowest BCUT2D eigenvalue weighted by atomic mass is 10.3. The normalized spacial score (nSPS) is 10.5. The third-order valence-electron chi connectivity index (χ3n) is 2.98. The highest BCUT2D eigenvalue weighted by Gasteiger charge is 2.08. The maximum Gasteiger partial charge on any atom is 0.212 e. The van der Waals surface area contributed by atoms with Crippen LogP contribution in [0.5, 0.6) is 0 Å². The van der Waals surface area contributed by atoms with Crippen molar-refractivity contribution in [2.24, 2.45) is 0 Å². The zero-order valence-electron chi connectivity index (χ0n) is 11.0. The summed E-state index contributed by atoms with van der Waals surface area (Å²) in [7, 11) is 0. The number of aromatic nitrogens is 2. The molecule has 100 valence electrons. The second-order valence-corrected chi connectivity index (χ2v) is 5.37. The summed E-state index contributed by atoms with van der Waals surface area (Å²) in [5.74, 6) is 0.806. The molecule has 2 aromatic carbocycles. The van der Waals surface area contributed by atoms with Crippen LogP contribution in [0.4, 0.5) is 11.6 Å². The Morgan fingerprint density at radius 2 is 1.70 bits per heavy atom. The smallest absolute Gasteiger partial charge is 0.212 e. The number of nitrogens with zero attached hydrogens (tertiary/aromatic N) is 2. The molecule has 0 unspecified atom stereocenters. The Hall–Kier alpha value is -2.07. The lowest BCUT2D eigenvalue weighted by molar-refractivity contribution is 1.06. The molecule has 0 saturated carbocycles. The van der Waals surface area contributed by atoms with Crippen molar-refractivity contribution in [3.05, 3.63) is 71.0 Å². The number of aryl methyl sites for hydroxylation is 1. The molecule has 0 aliphatic carbocycles. The Morgan fingerprint density at radius 1 is 1.00 bits per heavy atom. The van der Waals surface area contributed by atoms with Gasteiger partial charge in [-0.3, -0.25) is 4.57 Å². The van der Waals surface area contributed by atoms with Crippen LogP contribution in [0, 0.1) is 6.92 Å². The first kappa shape index (κ1) is 12.9. The van der Waals surface area contributed by atoms with Gasteiger partial charge in [0.15, 0.2) is 0 Å². The molecule has 0 atom stereocenters. The summed E-state index contributed by atoms with van der Waals surface area (Å²) in [6.45, 7) is 1.99. The van der Waals surface area contributed by atoms with Crippen LogP contribution in [0.2, 0.25) is 0 Å². The molecule has 1 N–H and O–H groups in total. The molecule has 1 heterocycles. The first-order valence-electron chi connectivity index (χ1n) is 6.37. The SMILES string of the molecule is Cc1cn(-c2ccccc2)c(Nc2ccccc2Br)n1. The Balaban J connectivity index is 2.01. The minimum atomic E-state index is 0.806. The predicted molar refractivity (Wildman–Crippen MR) is 85.7 cm³/mol. The van der Waals surface area contributed by atoms with Crippen LogP contribution in [0.25, 0.3) is 5.69 Å². The molecule has 4 heteroatoms. The van der Waals surface area contributed by atoms with Gasteiger partial charge in [-0.2, -0.15) is 0 Å². The van der Waals surface area contributed by atoms with E-state index < -0.39 is 0 Å². The highest BCUT2D eigenvalue weighted by molar-refractivity contribution is 9.10. The molecule has 3 aromatic rings. The standard InChI is InChI=1S/C16H14BrN3/c1-12-11-20(13-7-3-2-4-8-13)16(18-12)19-15-10-6-5-9-14(15)17/h2-11H,1H3,(H,18,19). The third-order valence-corrected chi connectivity index (χ3v) is 3.67. The molecule has 1 aromatic heterocycles. The fourth-order valence-electron chi connectivity index (χ4n) is 2.05. The number of hydrogen-bond acceptors (Lipinski definition) is 2. The van der Waals surface area contributed by atoms with Crippen molar-refractivity contribution < 1.29 is 0 Å². The van der Waals surface area contributed by atoms with E-state index in [9.17, 15) is 0 Å². The zero-order chi connectivity index (χ0) is 13.9. The van der Waals surface area contributed by atoms with Crippen LogP contribution in [0.1, 0.15) is 5.69 Å². The van der Waals surface area contributed by atoms with E-state index in [0.29, 0.717) is 0 Å². The number of nitrogens with one attached hydrogen (secondary N) is 1. The fourth-order valence-corrected chi connectivity index (χ4v) is 2.44. The molecule has 0 saturated heterocycles. The molecule has 0 radical (unpaired) electrons. The largest absolute Gasteiger partial charge is 0.324 e. The van der Waals surface area contributed by atoms with Gasteiger partial charge in [0.1, 0.15) is 0 Å². The van der Waals surface area contributed by atoms with Crippen molar-refractivity contribution in [1.82, 2.24) is 9.55 Å². The van der Waals surface area contributed by atoms with Crippen molar-refractivity contribution in [3.8, 4) is 5.69 Å². The van der Waals surface area contributed by atoms with E-state index in [4.69, 9.17) is 0 Å². The molecule has 0 amide bonds. The van der Waals surface area contributed by atoms with E-state index >= 15 is 0 Å². The zero-order valence-corrected chi connectivity index (χ0v) is 12.6. The summed E-state index contributed by atoms with van der Waals surface area (Å²) < 4.78 is 3.06. The van der Waals surface area contributed by atoms with Gasteiger partial charge in [0.05, 0.1) is 11.4 Å². The fraction of sp³-hybridized carbons (Fsp3) is 0.0625. The summed E-state index contributed by atoms with van der Waals surface area (Å²) in [4.78, 5) is 4.55. The number of para-hydroxylation sites is 2. The maximum atomic E-state index is 4.55. The van der Waals surface area contributed by atoms with Crippen LogP contribution >= 0.6 is 15.9 Å². The highest BCUT2D eigenvalue weighted by atomic mass is 79.9. The first-order chi connectivity index (χ1) is 9.74. The average molecular weight is 328 g/mol. The average Bonchev–Trinajstić information content (AvgIpc) is 2.83. The molecule has 0 bridgehead atoms. The van der Waals surface area contributed by atoms with Gasteiger partial charge in [0.2, 0.25) is 5.95 Å². The van der Waals surface area contributed by atoms with Crippen LogP contribution < -0.4 is 5.32 Å². The topological polar surface area (TPSA) is 29.9 Å². The summed E-state index contributed by atoms with van der Waals surface area (Å²) in [5.41, 5.74) is 3.06. The molecule has 0 spiro atoms. The Morgan fingerprint density at radius 3 is 2.45 bits per heavy atom. The number of halogens is 1. The Labute approximate surface area is 126 Å². The van der Waals surface area contributed by atoms with E-state index in [0.717, 1.165) is 27.5 Å². The number of imidazole rings is 1. The quantitative estimate of drug-likeness (QED) is 0.756. The minimum Gasteiger partial charge on any atom is -0.324 e. The third kappa shape index (κ3) is 2.60. The van der Waals surface area contributed by atoms with Gasteiger partial charge < -0.3 is 5.32 Å². The van der Waals surface area contributed by atoms with Gasteiger partial charge in [0.25, 0.3) is 0 Å². The van der Waals surface area contributed by atoms with Crippen molar-refractivity contribution in [2.45, 2.75) is 6.92 Å². The van der Waals surface area contributed by atoms with E-state index in [1.165, 1.54) is 0 Å². The molecule has 0 aliphatic heterocycles. The summed E-state index contributed by atoms with van der Waals surface area (Å²) >= 11 is 3.54. The molecule has 20 heavy (non-hydrogen) atoms. The van der Waals surface area contributed by atoms with E-state index in [1.54, 1.807) is 0 Å². The second kappa shape index (κ2) is 5.51. The van der Waals surface area contributed by atoms with Gasteiger partial charge in [-0.15, -0.1) is 0 Å². The maximum absolute atomic E-state index is 4.55. The minimum absolute atomic E-state index is 0.806. The molecular formula is C16H14BrN3. The van der Waals surface area contributed by atoms with Crippen LogP contribution in [0.15, 0.2) is 65.3 Å². The van der Waals surface area contributed by atoms with Gasteiger partial charge in [0, 0.05) is 16.4 Å². The number of rotatable bonds is 3. The van der Waals surface area contributed by atoms with Crippen LogP contribution in [-0.4, -0.2) is 9.55 Å². The van der Waals surface area contributed by atoms with Gasteiger partial charge in [-0.25, -0.2) is 4.98 Å². The Kier molecular flexibility index (Phi) is 3.56. The second-order valence-electron chi connectivity index (χ2n) is 4.52. The van der Waals surface area contributed by atoms with E-state index in [1.807, 2.05) is 55.6 Å². The Bertz CT molecular complexity index is 720. The van der Waals surface area contributed by atoms with E-state index in [-0.39, 0.29) is 0 Å². The number of benzene rings is 2. The lowest BCUT2D eigenvalue weighted by Crippen LogP contribution is -2.01. The van der Waals surface area contributed by atoms with Gasteiger partial charge in [-0.1, -0.05) is 30.3 Å². The van der Waals surface area contributed by atoms with Crippen LogP contribution in [0.3, 0.4) is 0 Å². The van der Waals surface area contributed by atoms with Crippen molar-refractivity contribution in [2.75, 3.05) is 5.32 Å². The van der Waals surface area contributed by atoms with Gasteiger partial charge >= 0.3 is 0 Å². The van der Waals surface area contributed by atoms with Crippen LogP contribution in [-0.2, 0) is 0 Å². The molecule has 3 nitrogen and oxygen atoms in total. The number of hydrogen-bond donors (Lipinski definition) is 1. The summed E-state index contributed by atoms with van der Waals surface area (Å²) in [6, 6.07) is 18.2. The first-order valence-corrected chi connectivity index (χ1v) is 7.16. The van der Waals surface area contributed by atoms with Crippen molar-refractivity contribution in [3.63, 3.8) is 0 Å². The molecule has 0 aliphatic rings. The highest BCUT2D eigenvalue weighted by Crippen LogP contribution is 2.26. The van der Waals surface area contributed by atoms with Gasteiger partial charge in [-0.05, 0) is 47.1 Å². The van der Waals surface area contributed by atoms with Crippen molar-refractivity contribution >= 4 is 27.6 Å². The molecular weight excluding hydrogens is 314 g/mol. The lowest BCUT2D eigenvalue weighted by Gasteiger charge is -2.10. The van der Waals surface area contributed by atoms with Crippen molar-refractivity contribution in [1.29, 1.82) is 0 Å². The molecule has 3 rings (SSSR count).